The first-order valence-corrected chi connectivity index (χ1v) is 9.06. The van der Waals surface area contributed by atoms with E-state index >= 15 is 0 Å². The SMILES string of the molecule is COC(=O)c1coc(CN(C2CC2)S(=O)(=O)c2ccc([N+](=O)[O-])cc2)n1. The molecular weight excluding hydrogens is 366 g/mol. The number of rotatable bonds is 7. The van der Waals surface area contributed by atoms with Crippen LogP contribution in [-0.4, -0.2) is 41.8 Å². The van der Waals surface area contributed by atoms with Crippen LogP contribution in [0.2, 0.25) is 0 Å². The highest BCUT2D eigenvalue weighted by atomic mass is 32.2. The number of nitro groups is 1. The van der Waals surface area contributed by atoms with E-state index in [1.165, 1.54) is 23.5 Å². The lowest BCUT2D eigenvalue weighted by molar-refractivity contribution is -0.384. The topological polar surface area (TPSA) is 133 Å². The second kappa shape index (κ2) is 6.84. The van der Waals surface area contributed by atoms with Gasteiger partial charge in [0.25, 0.3) is 5.69 Å². The molecule has 0 bridgehead atoms. The van der Waals surface area contributed by atoms with Crippen molar-refractivity contribution in [2.75, 3.05) is 7.11 Å². The van der Waals surface area contributed by atoms with E-state index in [1.54, 1.807) is 0 Å². The Morgan fingerprint density at radius 1 is 1.38 bits per heavy atom. The molecule has 0 N–H and O–H groups in total. The molecule has 11 heteroatoms. The molecule has 138 valence electrons. The van der Waals surface area contributed by atoms with Crippen LogP contribution in [0.1, 0.15) is 29.2 Å². The number of nitro benzene ring substituents is 1. The Labute approximate surface area is 148 Å². The molecule has 0 aliphatic heterocycles. The number of esters is 1. The highest BCUT2D eigenvalue weighted by molar-refractivity contribution is 7.89. The average Bonchev–Trinajstić information content (AvgIpc) is 3.36. The van der Waals surface area contributed by atoms with Gasteiger partial charge in [-0.2, -0.15) is 4.31 Å². The van der Waals surface area contributed by atoms with Crippen LogP contribution in [0, 0.1) is 10.1 Å². The van der Waals surface area contributed by atoms with Crippen molar-refractivity contribution < 1.29 is 27.3 Å². The second-order valence-corrected chi connectivity index (χ2v) is 7.54. The Kier molecular flexibility index (Phi) is 4.74. The summed E-state index contributed by atoms with van der Waals surface area (Å²) in [6, 6.07) is 4.46. The molecule has 0 unspecified atom stereocenters. The van der Waals surface area contributed by atoms with Crippen LogP contribution in [-0.2, 0) is 21.3 Å². The molecule has 0 spiro atoms. The number of hydrogen-bond acceptors (Lipinski definition) is 8. The van der Waals surface area contributed by atoms with E-state index in [-0.39, 0.29) is 34.8 Å². The molecule has 0 amide bonds. The Hall–Kier alpha value is -2.79. The predicted octanol–water partition coefficient (Wildman–Crippen LogP) is 1.72. The van der Waals surface area contributed by atoms with Crippen LogP contribution >= 0.6 is 0 Å². The highest BCUT2D eigenvalue weighted by Crippen LogP contribution is 2.33. The van der Waals surface area contributed by atoms with Crippen molar-refractivity contribution in [1.82, 2.24) is 9.29 Å². The van der Waals surface area contributed by atoms with Crippen molar-refractivity contribution in [2.45, 2.75) is 30.3 Å². The number of benzene rings is 1. The Balaban J connectivity index is 1.86. The van der Waals surface area contributed by atoms with Gasteiger partial charge in [0.1, 0.15) is 6.26 Å². The van der Waals surface area contributed by atoms with Gasteiger partial charge in [-0.05, 0) is 25.0 Å². The molecule has 1 aliphatic carbocycles. The summed E-state index contributed by atoms with van der Waals surface area (Å²) in [6.45, 7) is -0.152. The van der Waals surface area contributed by atoms with Crippen LogP contribution in [0.5, 0.6) is 0 Å². The Morgan fingerprint density at radius 2 is 2.04 bits per heavy atom. The summed E-state index contributed by atoms with van der Waals surface area (Å²) in [4.78, 5) is 25.4. The van der Waals surface area contributed by atoms with Gasteiger partial charge in [-0.25, -0.2) is 18.2 Å². The molecule has 0 atom stereocenters. The van der Waals surface area contributed by atoms with Crippen LogP contribution in [0.3, 0.4) is 0 Å². The fourth-order valence-electron chi connectivity index (χ4n) is 2.36. The normalized spacial score (nSPS) is 14.4. The Bertz CT molecular complexity index is 932. The first-order chi connectivity index (χ1) is 12.3. The minimum atomic E-state index is -3.90. The lowest BCUT2D eigenvalue weighted by atomic mass is 10.3. The number of nitrogens with zero attached hydrogens (tertiary/aromatic N) is 3. The van der Waals surface area contributed by atoms with Gasteiger partial charge in [-0.1, -0.05) is 0 Å². The van der Waals surface area contributed by atoms with Gasteiger partial charge < -0.3 is 9.15 Å². The standard InChI is InChI=1S/C15H15N3O7S/c1-24-15(19)13-9-25-14(16-13)8-17(10-2-3-10)26(22,23)12-6-4-11(5-7-12)18(20)21/h4-7,9-10H,2-3,8H2,1H3. The largest absolute Gasteiger partial charge is 0.464 e. The predicted molar refractivity (Wildman–Crippen MR) is 86.7 cm³/mol. The fourth-order valence-corrected chi connectivity index (χ4v) is 4.00. The summed E-state index contributed by atoms with van der Waals surface area (Å²) in [5, 5.41) is 10.7. The zero-order valence-electron chi connectivity index (χ0n) is 13.7. The summed E-state index contributed by atoms with van der Waals surface area (Å²) in [5.41, 5.74) is -0.247. The van der Waals surface area contributed by atoms with Crippen LogP contribution in [0.25, 0.3) is 0 Å². The molecule has 1 aromatic heterocycles. The van der Waals surface area contributed by atoms with Crippen molar-refractivity contribution in [1.29, 1.82) is 0 Å². The number of hydrogen-bond donors (Lipinski definition) is 0. The highest BCUT2D eigenvalue weighted by Gasteiger charge is 2.39. The van der Waals surface area contributed by atoms with E-state index in [2.05, 4.69) is 9.72 Å². The zero-order chi connectivity index (χ0) is 18.9. The van der Waals surface area contributed by atoms with Gasteiger partial charge in [0, 0.05) is 18.2 Å². The monoisotopic (exact) mass is 381 g/mol. The number of non-ortho nitro benzene ring substituents is 1. The van der Waals surface area contributed by atoms with E-state index in [1.807, 2.05) is 0 Å². The summed E-state index contributed by atoms with van der Waals surface area (Å²) >= 11 is 0. The molecule has 0 radical (unpaired) electrons. The summed E-state index contributed by atoms with van der Waals surface area (Å²) in [5.74, 6) is -0.626. The molecule has 3 rings (SSSR count). The first-order valence-electron chi connectivity index (χ1n) is 7.62. The van der Waals surface area contributed by atoms with Gasteiger partial charge >= 0.3 is 5.97 Å². The number of carbonyl (C=O) groups is 1. The van der Waals surface area contributed by atoms with Crippen LogP contribution in [0.15, 0.2) is 39.8 Å². The third-order valence-corrected chi connectivity index (χ3v) is 5.76. The molecule has 1 heterocycles. The number of methoxy groups -OCH3 is 1. The molecule has 1 fully saturated rings. The minimum absolute atomic E-state index is 0.0500. The fraction of sp³-hybridized carbons (Fsp3) is 0.333. The van der Waals surface area contributed by atoms with Crippen molar-refractivity contribution in [2.24, 2.45) is 0 Å². The van der Waals surface area contributed by atoms with E-state index in [9.17, 15) is 23.3 Å². The van der Waals surface area contributed by atoms with Crippen LogP contribution in [0.4, 0.5) is 5.69 Å². The van der Waals surface area contributed by atoms with E-state index in [0.29, 0.717) is 12.8 Å². The zero-order valence-corrected chi connectivity index (χ0v) is 14.5. The number of aromatic nitrogens is 1. The molecule has 1 aromatic carbocycles. The number of ether oxygens (including phenoxy) is 1. The van der Waals surface area contributed by atoms with E-state index < -0.39 is 20.9 Å². The number of carbonyl (C=O) groups excluding carboxylic acids is 1. The third-order valence-electron chi connectivity index (χ3n) is 3.85. The summed E-state index contributed by atoms with van der Waals surface area (Å²) in [7, 11) is -2.70. The van der Waals surface area contributed by atoms with Crippen LogP contribution < -0.4 is 0 Å². The van der Waals surface area contributed by atoms with Crippen molar-refractivity contribution >= 4 is 21.7 Å². The molecule has 0 saturated heterocycles. The van der Waals surface area contributed by atoms with Gasteiger partial charge in [0.05, 0.1) is 23.5 Å². The molecule has 26 heavy (non-hydrogen) atoms. The maximum absolute atomic E-state index is 12.9. The summed E-state index contributed by atoms with van der Waals surface area (Å²) in [6.07, 6.45) is 2.48. The lowest BCUT2D eigenvalue weighted by Crippen LogP contribution is -2.32. The first kappa shape index (κ1) is 18.0. The molecule has 2 aromatic rings. The Morgan fingerprint density at radius 3 is 2.58 bits per heavy atom. The molecule has 1 saturated carbocycles. The summed E-state index contributed by atoms with van der Waals surface area (Å²) < 4.78 is 36.7. The average molecular weight is 381 g/mol. The molecular formula is C15H15N3O7S. The van der Waals surface area contributed by atoms with Crippen molar-refractivity contribution in [3.8, 4) is 0 Å². The van der Waals surface area contributed by atoms with Crippen molar-refractivity contribution in [3.05, 3.63) is 52.2 Å². The van der Waals surface area contributed by atoms with Gasteiger partial charge in [0.2, 0.25) is 15.9 Å². The molecule has 10 nitrogen and oxygen atoms in total. The lowest BCUT2D eigenvalue weighted by Gasteiger charge is -2.20. The minimum Gasteiger partial charge on any atom is -0.464 e. The van der Waals surface area contributed by atoms with Gasteiger partial charge in [0.15, 0.2) is 5.69 Å². The second-order valence-electron chi connectivity index (χ2n) is 5.65. The van der Waals surface area contributed by atoms with Gasteiger partial charge in [-0.15, -0.1) is 0 Å². The van der Waals surface area contributed by atoms with E-state index in [0.717, 1.165) is 18.4 Å². The number of oxazole rings is 1. The maximum Gasteiger partial charge on any atom is 0.360 e. The van der Waals surface area contributed by atoms with Gasteiger partial charge in [-0.3, -0.25) is 10.1 Å². The maximum atomic E-state index is 12.9. The van der Waals surface area contributed by atoms with Crippen molar-refractivity contribution in [3.63, 3.8) is 0 Å². The quantitative estimate of drug-likeness (QED) is 0.402. The third kappa shape index (κ3) is 3.58. The number of sulfonamides is 1. The smallest absolute Gasteiger partial charge is 0.360 e. The van der Waals surface area contributed by atoms with E-state index in [4.69, 9.17) is 4.42 Å². The molecule has 1 aliphatic rings.